The van der Waals surface area contributed by atoms with Crippen LogP contribution in [-0.2, 0) is 24.4 Å². The summed E-state index contributed by atoms with van der Waals surface area (Å²) in [4.78, 5) is 27.6. The highest BCUT2D eigenvalue weighted by molar-refractivity contribution is 6.32. The van der Waals surface area contributed by atoms with Gasteiger partial charge in [-0.1, -0.05) is 17.7 Å². The molecule has 0 atom stereocenters. The van der Waals surface area contributed by atoms with Crippen molar-refractivity contribution < 1.29 is 14.3 Å². The lowest BCUT2D eigenvalue weighted by molar-refractivity contribution is 0.0601. The van der Waals surface area contributed by atoms with Crippen LogP contribution in [0, 0.1) is 0 Å². The number of esters is 1. The molecule has 1 N–H and O–H groups in total. The first-order valence-corrected chi connectivity index (χ1v) is 9.73. The number of fused-ring (bicyclic) bond motifs is 1. The van der Waals surface area contributed by atoms with Crippen molar-refractivity contribution in [2.45, 2.75) is 19.6 Å². The third kappa shape index (κ3) is 4.02. The number of carbonyl (C=O) groups excluding carboxylic acids is 1. The molecule has 0 unspecified atom stereocenters. The van der Waals surface area contributed by atoms with Gasteiger partial charge in [0.05, 0.1) is 25.8 Å². The molecule has 1 aromatic carbocycles. The summed E-state index contributed by atoms with van der Waals surface area (Å²) >= 11 is 6.21. The molecule has 0 radical (unpaired) electrons. The SMILES string of the molecule is COC(=O)c1cnc(N2CCn3ccnc3C2)nc1NCc1ccc(OC)c(Cl)c1. The lowest BCUT2D eigenvalue weighted by Crippen LogP contribution is -2.35. The molecule has 3 heterocycles. The van der Waals surface area contributed by atoms with Crippen LogP contribution in [0.2, 0.25) is 5.02 Å². The minimum Gasteiger partial charge on any atom is -0.495 e. The molecule has 0 fully saturated rings. The number of halogens is 1. The van der Waals surface area contributed by atoms with E-state index >= 15 is 0 Å². The van der Waals surface area contributed by atoms with Crippen molar-refractivity contribution in [3.63, 3.8) is 0 Å². The summed E-state index contributed by atoms with van der Waals surface area (Å²) in [6, 6.07) is 5.49. The van der Waals surface area contributed by atoms with E-state index in [4.69, 9.17) is 21.1 Å². The number of nitrogens with zero attached hydrogens (tertiary/aromatic N) is 5. The largest absolute Gasteiger partial charge is 0.495 e. The maximum atomic E-state index is 12.2. The van der Waals surface area contributed by atoms with E-state index in [-0.39, 0.29) is 5.56 Å². The van der Waals surface area contributed by atoms with E-state index in [1.165, 1.54) is 13.3 Å². The molecule has 2 aromatic heterocycles. The van der Waals surface area contributed by atoms with Crippen molar-refractivity contribution in [3.05, 3.63) is 58.8 Å². The van der Waals surface area contributed by atoms with Gasteiger partial charge in [-0.15, -0.1) is 0 Å². The summed E-state index contributed by atoms with van der Waals surface area (Å²) in [6.45, 7) is 2.55. The van der Waals surface area contributed by atoms with Gasteiger partial charge in [-0.25, -0.2) is 14.8 Å². The van der Waals surface area contributed by atoms with Crippen molar-refractivity contribution in [1.29, 1.82) is 0 Å². The summed E-state index contributed by atoms with van der Waals surface area (Å²) in [7, 11) is 2.89. The first kappa shape index (κ1) is 20.0. The monoisotopic (exact) mass is 428 g/mol. The van der Waals surface area contributed by atoms with Crippen LogP contribution in [0.5, 0.6) is 5.75 Å². The Bertz CT molecular complexity index is 1070. The summed E-state index contributed by atoms with van der Waals surface area (Å²) < 4.78 is 12.2. The number of hydrogen-bond donors (Lipinski definition) is 1. The topological polar surface area (TPSA) is 94.4 Å². The average Bonchev–Trinajstić information content (AvgIpc) is 3.25. The third-order valence-corrected chi connectivity index (χ3v) is 5.18. The van der Waals surface area contributed by atoms with Gasteiger partial charge in [0.15, 0.2) is 0 Å². The lowest BCUT2D eigenvalue weighted by Gasteiger charge is -2.28. The van der Waals surface area contributed by atoms with Crippen molar-refractivity contribution in [2.24, 2.45) is 0 Å². The Hall–Kier alpha value is -3.33. The molecule has 0 saturated carbocycles. The Kier molecular flexibility index (Phi) is 5.71. The van der Waals surface area contributed by atoms with Crippen LogP contribution >= 0.6 is 11.6 Å². The van der Waals surface area contributed by atoms with E-state index in [2.05, 4.69) is 24.8 Å². The van der Waals surface area contributed by atoms with Crippen molar-refractivity contribution >= 4 is 29.3 Å². The minimum atomic E-state index is -0.508. The molecule has 30 heavy (non-hydrogen) atoms. The molecule has 9 nitrogen and oxygen atoms in total. The zero-order valence-electron chi connectivity index (χ0n) is 16.6. The Labute approximate surface area is 178 Å². The lowest BCUT2D eigenvalue weighted by atomic mass is 10.2. The number of nitrogens with one attached hydrogen (secondary N) is 1. The van der Waals surface area contributed by atoms with Gasteiger partial charge in [-0.05, 0) is 17.7 Å². The number of carbonyl (C=O) groups is 1. The van der Waals surface area contributed by atoms with Gasteiger partial charge in [0.2, 0.25) is 5.95 Å². The number of methoxy groups -OCH3 is 2. The second-order valence-electron chi connectivity index (χ2n) is 6.70. The smallest absolute Gasteiger partial charge is 0.343 e. The minimum absolute atomic E-state index is 0.263. The summed E-state index contributed by atoms with van der Waals surface area (Å²) in [5, 5.41) is 3.72. The first-order valence-electron chi connectivity index (χ1n) is 9.35. The fraction of sp³-hybridized carbons (Fsp3) is 0.300. The van der Waals surface area contributed by atoms with E-state index < -0.39 is 5.97 Å². The number of benzene rings is 1. The predicted molar refractivity (Wildman–Crippen MR) is 112 cm³/mol. The van der Waals surface area contributed by atoms with Crippen molar-refractivity contribution in [1.82, 2.24) is 19.5 Å². The second kappa shape index (κ2) is 8.58. The number of hydrogen-bond acceptors (Lipinski definition) is 8. The molecule has 0 spiro atoms. The number of aromatic nitrogens is 4. The Balaban J connectivity index is 1.57. The second-order valence-corrected chi connectivity index (χ2v) is 7.11. The Morgan fingerprint density at radius 1 is 1.27 bits per heavy atom. The number of anilines is 2. The molecule has 0 bridgehead atoms. The standard InChI is InChI=1S/C20H21ClN6O3/c1-29-16-4-3-13(9-15(16)21)10-23-18-14(19(28)30-2)11-24-20(25-18)27-8-7-26-6-5-22-17(26)12-27/h3-6,9,11H,7-8,10,12H2,1-2H3,(H,23,24,25). The fourth-order valence-electron chi connectivity index (χ4n) is 3.27. The Morgan fingerprint density at radius 3 is 2.90 bits per heavy atom. The van der Waals surface area contributed by atoms with Gasteiger partial charge in [-0.2, -0.15) is 4.98 Å². The summed E-state index contributed by atoms with van der Waals surface area (Å²) in [5.74, 6) is 1.96. The van der Waals surface area contributed by atoms with Crippen LogP contribution in [0.1, 0.15) is 21.7 Å². The Morgan fingerprint density at radius 2 is 2.13 bits per heavy atom. The molecule has 10 heteroatoms. The van der Waals surface area contributed by atoms with Crippen LogP contribution < -0.4 is 15.0 Å². The van der Waals surface area contributed by atoms with Gasteiger partial charge in [0.25, 0.3) is 0 Å². The summed E-state index contributed by atoms with van der Waals surface area (Å²) in [5.41, 5.74) is 1.18. The third-order valence-electron chi connectivity index (χ3n) is 4.89. The first-order chi connectivity index (χ1) is 14.6. The zero-order valence-corrected chi connectivity index (χ0v) is 17.4. The van der Waals surface area contributed by atoms with Crippen LogP contribution in [0.4, 0.5) is 11.8 Å². The maximum Gasteiger partial charge on any atom is 0.343 e. The predicted octanol–water partition coefficient (Wildman–Crippen LogP) is 2.75. The van der Waals surface area contributed by atoms with Crippen molar-refractivity contribution in [2.75, 3.05) is 31.0 Å². The van der Waals surface area contributed by atoms with Gasteiger partial charge in [-0.3, -0.25) is 0 Å². The van der Waals surface area contributed by atoms with Crippen LogP contribution in [-0.4, -0.2) is 46.3 Å². The average molecular weight is 429 g/mol. The molecule has 1 aliphatic heterocycles. The number of ether oxygens (including phenoxy) is 2. The highest BCUT2D eigenvalue weighted by Crippen LogP contribution is 2.26. The highest BCUT2D eigenvalue weighted by Gasteiger charge is 2.22. The van der Waals surface area contributed by atoms with Crippen LogP contribution in [0.3, 0.4) is 0 Å². The highest BCUT2D eigenvalue weighted by atomic mass is 35.5. The van der Waals surface area contributed by atoms with Gasteiger partial charge >= 0.3 is 5.97 Å². The molecule has 0 aliphatic carbocycles. The van der Waals surface area contributed by atoms with Gasteiger partial charge < -0.3 is 24.3 Å². The van der Waals surface area contributed by atoms with Gasteiger partial charge in [0, 0.05) is 38.2 Å². The molecular formula is C20H21ClN6O3. The van der Waals surface area contributed by atoms with Crippen LogP contribution in [0.25, 0.3) is 0 Å². The molecule has 3 aromatic rings. The van der Waals surface area contributed by atoms with E-state index in [0.29, 0.717) is 35.6 Å². The fourth-order valence-corrected chi connectivity index (χ4v) is 3.55. The molecule has 0 saturated heterocycles. The summed E-state index contributed by atoms with van der Waals surface area (Å²) in [6.07, 6.45) is 5.23. The maximum absolute atomic E-state index is 12.2. The van der Waals surface area contributed by atoms with E-state index in [1.54, 1.807) is 25.4 Å². The molecule has 1 aliphatic rings. The van der Waals surface area contributed by atoms with E-state index in [9.17, 15) is 4.79 Å². The van der Waals surface area contributed by atoms with E-state index in [1.807, 2.05) is 17.2 Å². The number of imidazole rings is 1. The van der Waals surface area contributed by atoms with Gasteiger partial charge in [0.1, 0.15) is 23.0 Å². The van der Waals surface area contributed by atoms with Crippen LogP contribution in [0.15, 0.2) is 36.8 Å². The molecular weight excluding hydrogens is 408 g/mol. The molecule has 0 amide bonds. The zero-order chi connectivity index (χ0) is 21.1. The normalized spacial score (nSPS) is 13.0. The molecule has 156 valence electrons. The quantitative estimate of drug-likeness (QED) is 0.599. The van der Waals surface area contributed by atoms with Crippen molar-refractivity contribution in [3.8, 4) is 5.75 Å². The molecule has 4 rings (SSSR count). The number of rotatable bonds is 6. The van der Waals surface area contributed by atoms with E-state index in [0.717, 1.165) is 24.5 Å².